The molecule has 6 nitrogen and oxygen atoms in total. The van der Waals surface area contributed by atoms with Crippen LogP contribution in [0.3, 0.4) is 0 Å². The molecule has 8 heteroatoms. The zero-order valence-electron chi connectivity index (χ0n) is 15.4. The van der Waals surface area contributed by atoms with Crippen LogP contribution in [0.25, 0.3) is 0 Å². The number of carbonyl (C=O) groups excluding carboxylic acids is 1. The third kappa shape index (κ3) is 3.11. The molecule has 148 valence electrons. The van der Waals surface area contributed by atoms with Crippen LogP contribution in [0.4, 0.5) is 9.18 Å². The topological polar surface area (TPSA) is 61.5 Å². The number of urea groups is 1. The summed E-state index contributed by atoms with van der Waals surface area (Å²) in [5.74, 6) is 0.507. The van der Waals surface area contributed by atoms with Crippen molar-refractivity contribution in [3.63, 3.8) is 0 Å². The second-order valence-electron chi connectivity index (χ2n) is 8.31. The van der Waals surface area contributed by atoms with Gasteiger partial charge in [-0.05, 0) is 43.5 Å². The monoisotopic (exact) mass is 404 g/mol. The minimum absolute atomic E-state index is 0.0803. The van der Waals surface area contributed by atoms with Crippen LogP contribution in [0.1, 0.15) is 30.9 Å². The molecule has 3 aliphatic rings. The third-order valence-electron chi connectivity index (χ3n) is 6.25. The zero-order valence-corrected chi connectivity index (χ0v) is 16.2. The van der Waals surface area contributed by atoms with Crippen molar-refractivity contribution in [1.29, 1.82) is 0 Å². The summed E-state index contributed by atoms with van der Waals surface area (Å²) in [7, 11) is 0. The number of benzene rings is 1. The van der Waals surface area contributed by atoms with Crippen LogP contribution >= 0.6 is 11.6 Å². The van der Waals surface area contributed by atoms with Gasteiger partial charge in [0.2, 0.25) is 0 Å². The predicted octanol–water partition coefficient (Wildman–Crippen LogP) is 3.65. The first-order valence-corrected chi connectivity index (χ1v) is 10.0. The fourth-order valence-corrected chi connectivity index (χ4v) is 4.99. The summed E-state index contributed by atoms with van der Waals surface area (Å²) in [4.78, 5) is 16.7. The number of amides is 2. The van der Waals surface area contributed by atoms with Crippen LogP contribution < -0.4 is 4.74 Å². The van der Waals surface area contributed by atoms with Gasteiger partial charge in [-0.1, -0.05) is 11.6 Å². The van der Waals surface area contributed by atoms with Crippen LogP contribution in [0.2, 0.25) is 5.02 Å². The predicted molar refractivity (Wildman–Crippen MR) is 102 cm³/mol. The first-order valence-electron chi connectivity index (χ1n) is 9.66. The Balaban J connectivity index is 1.10. The van der Waals surface area contributed by atoms with E-state index in [1.165, 1.54) is 12.1 Å². The molecule has 3 fully saturated rings. The number of aromatic amines is 1. The van der Waals surface area contributed by atoms with Crippen molar-refractivity contribution in [1.82, 2.24) is 20.0 Å². The average molecular weight is 405 g/mol. The number of aromatic nitrogens is 2. The molecule has 2 aromatic rings. The Morgan fingerprint density at radius 3 is 2.82 bits per heavy atom. The Labute approximate surface area is 167 Å². The van der Waals surface area contributed by atoms with Crippen LogP contribution in [0.15, 0.2) is 30.5 Å². The van der Waals surface area contributed by atoms with E-state index in [1.807, 2.05) is 15.9 Å². The van der Waals surface area contributed by atoms with E-state index < -0.39 is 0 Å². The Kier molecular flexibility index (Phi) is 4.23. The number of nitrogens with zero attached hydrogens (tertiary/aromatic N) is 3. The SMILES string of the molecule is O=C(N1CCC(c2ccn[nH]2)C1)N1CC2(CC(Oc3ccc(F)cc3Cl)C2)C1. The molecule has 1 spiro atoms. The smallest absolute Gasteiger partial charge is 0.320 e. The van der Waals surface area contributed by atoms with E-state index in [2.05, 4.69) is 10.2 Å². The molecular weight excluding hydrogens is 383 g/mol. The van der Waals surface area contributed by atoms with E-state index >= 15 is 0 Å². The fraction of sp³-hybridized carbons (Fsp3) is 0.500. The molecule has 1 saturated carbocycles. The molecule has 1 atom stereocenters. The third-order valence-corrected chi connectivity index (χ3v) is 6.55. The van der Waals surface area contributed by atoms with Crippen LogP contribution in [0.5, 0.6) is 5.75 Å². The first-order chi connectivity index (χ1) is 13.5. The van der Waals surface area contributed by atoms with E-state index in [9.17, 15) is 9.18 Å². The van der Waals surface area contributed by atoms with Crippen molar-refractivity contribution in [2.75, 3.05) is 26.2 Å². The summed E-state index contributed by atoms with van der Waals surface area (Å²) in [5.41, 5.74) is 1.28. The Bertz CT molecular complexity index is 876. The van der Waals surface area contributed by atoms with Gasteiger partial charge in [0.25, 0.3) is 0 Å². The van der Waals surface area contributed by atoms with Crippen molar-refractivity contribution in [2.24, 2.45) is 5.41 Å². The van der Waals surface area contributed by atoms with Gasteiger partial charge in [0.05, 0.1) is 5.02 Å². The number of H-pyrrole nitrogens is 1. The molecule has 2 amide bonds. The molecule has 0 bridgehead atoms. The summed E-state index contributed by atoms with van der Waals surface area (Å²) in [6.07, 6.45) is 4.62. The quantitative estimate of drug-likeness (QED) is 0.849. The highest BCUT2D eigenvalue weighted by Crippen LogP contribution is 2.50. The van der Waals surface area contributed by atoms with E-state index in [-0.39, 0.29) is 23.4 Å². The van der Waals surface area contributed by atoms with Gasteiger partial charge in [-0.25, -0.2) is 9.18 Å². The molecule has 1 aromatic heterocycles. The molecule has 2 saturated heterocycles. The largest absolute Gasteiger partial charge is 0.489 e. The minimum Gasteiger partial charge on any atom is -0.489 e. The van der Waals surface area contributed by atoms with Gasteiger partial charge in [0.1, 0.15) is 17.7 Å². The van der Waals surface area contributed by atoms with Gasteiger partial charge in [-0.2, -0.15) is 5.10 Å². The molecule has 2 aliphatic heterocycles. The average Bonchev–Trinajstić information content (AvgIpc) is 3.28. The molecule has 1 aromatic carbocycles. The minimum atomic E-state index is -0.368. The van der Waals surface area contributed by atoms with Gasteiger partial charge >= 0.3 is 6.03 Å². The lowest BCUT2D eigenvalue weighted by atomic mass is 9.62. The van der Waals surface area contributed by atoms with E-state index in [4.69, 9.17) is 16.3 Å². The number of halogens is 2. The van der Waals surface area contributed by atoms with Gasteiger partial charge in [0, 0.05) is 49.4 Å². The molecule has 5 rings (SSSR count). The number of hydrogen-bond acceptors (Lipinski definition) is 3. The number of hydrogen-bond donors (Lipinski definition) is 1. The van der Waals surface area contributed by atoms with Crippen LogP contribution in [0, 0.1) is 11.2 Å². The van der Waals surface area contributed by atoms with Crippen molar-refractivity contribution >= 4 is 17.6 Å². The molecular formula is C20H22ClFN4O2. The van der Waals surface area contributed by atoms with Gasteiger partial charge in [-0.3, -0.25) is 5.10 Å². The standard InChI is InChI=1S/C20H22ClFN4O2/c21-16-7-14(22)1-2-18(16)28-15-8-20(9-15)11-26(12-20)19(27)25-6-4-13(10-25)17-3-5-23-24-17/h1-3,5,7,13,15H,4,6,8-12H2,(H,23,24). The highest BCUT2D eigenvalue weighted by Gasteiger charge is 2.55. The number of nitrogens with one attached hydrogen (secondary N) is 1. The second-order valence-corrected chi connectivity index (χ2v) is 8.71. The number of likely N-dealkylation sites (tertiary alicyclic amines) is 2. The van der Waals surface area contributed by atoms with E-state index in [0.717, 1.165) is 51.1 Å². The summed E-state index contributed by atoms with van der Waals surface area (Å²) in [6.45, 7) is 3.11. The number of rotatable bonds is 3. The maximum atomic E-state index is 13.1. The van der Waals surface area contributed by atoms with Crippen molar-refractivity contribution in [2.45, 2.75) is 31.3 Å². The first kappa shape index (κ1) is 17.8. The Hall–Kier alpha value is -2.28. The lowest BCUT2D eigenvalue weighted by Crippen LogP contribution is -2.67. The van der Waals surface area contributed by atoms with Crippen molar-refractivity contribution in [3.8, 4) is 5.75 Å². The van der Waals surface area contributed by atoms with E-state index in [0.29, 0.717) is 16.7 Å². The van der Waals surface area contributed by atoms with Crippen LogP contribution in [-0.2, 0) is 0 Å². The summed E-state index contributed by atoms with van der Waals surface area (Å²) in [5, 5.41) is 7.32. The molecule has 28 heavy (non-hydrogen) atoms. The second kappa shape index (κ2) is 6.65. The van der Waals surface area contributed by atoms with Crippen molar-refractivity contribution < 1.29 is 13.9 Å². The van der Waals surface area contributed by atoms with Gasteiger partial charge in [-0.15, -0.1) is 0 Å². The molecule has 0 radical (unpaired) electrons. The van der Waals surface area contributed by atoms with E-state index in [1.54, 1.807) is 12.3 Å². The van der Waals surface area contributed by atoms with Crippen LogP contribution in [-0.4, -0.2) is 58.3 Å². The van der Waals surface area contributed by atoms with Gasteiger partial charge < -0.3 is 14.5 Å². The zero-order chi connectivity index (χ0) is 19.3. The summed E-state index contributed by atoms with van der Waals surface area (Å²) < 4.78 is 19.0. The highest BCUT2D eigenvalue weighted by atomic mass is 35.5. The summed E-state index contributed by atoms with van der Waals surface area (Å²) >= 11 is 6.03. The van der Waals surface area contributed by atoms with Gasteiger partial charge in [0.15, 0.2) is 0 Å². The molecule has 1 N–H and O–H groups in total. The summed E-state index contributed by atoms with van der Waals surface area (Å²) in [6, 6.07) is 6.31. The maximum absolute atomic E-state index is 13.1. The Morgan fingerprint density at radius 2 is 2.11 bits per heavy atom. The number of ether oxygens (including phenoxy) is 1. The highest BCUT2D eigenvalue weighted by molar-refractivity contribution is 6.32. The normalized spacial score (nSPS) is 23.6. The van der Waals surface area contributed by atoms with Crippen molar-refractivity contribution in [3.05, 3.63) is 47.0 Å². The lowest BCUT2D eigenvalue weighted by molar-refractivity contribution is -0.103. The fourth-order valence-electron chi connectivity index (χ4n) is 4.78. The lowest BCUT2D eigenvalue weighted by Gasteiger charge is -2.58. The maximum Gasteiger partial charge on any atom is 0.320 e. The molecule has 3 heterocycles. The molecule has 1 aliphatic carbocycles. The molecule has 1 unspecified atom stereocenters. The Morgan fingerprint density at radius 1 is 1.29 bits per heavy atom. The number of carbonyl (C=O) groups is 1.